The molecule has 0 aliphatic heterocycles. The van der Waals surface area contributed by atoms with Crippen LogP contribution in [0.2, 0.25) is 0 Å². The van der Waals surface area contributed by atoms with Gasteiger partial charge in [-0.2, -0.15) is 5.26 Å². The molecule has 0 saturated heterocycles. The Morgan fingerprint density at radius 1 is 1.40 bits per heavy atom. The molecule has 0 aromatic rings. The molecule has 0 heterocycles. The van der Waals surface area contributed by atoms with Crippen molar-refractivity contribution in [2.24, 2.45) is 5.92 Å². The summed E-state index contributed by atoms with van der Waals surface area (Å²) in [5, 5.41) is 13.2. The number of nitrogens with zero attached hydrogens (tertiary/aromatic N) is 2. The maximum Gasteiger partial charge on any atom is 0.109 e. The molecule has 4 heteroatoms. The minimum Gasteiger partial charge on any atom is -0.383 e. The van der Waals surface area contributed by atoms with E-state index < -0.39 is 0 Å². The average molecular weight is 281 g/mol. The molecule has 20 heavy (non-hydrogen) atoms. The zero-order valence-corrected chi connectivity index (χ0v) is 13.5. The molecule has 2 unspecified atom stereocenters. The Hall–Kier alpha value is -0.630. The van der Waals surface area contributed by atoms with Gasteiger partial charge in [-0.15, -0.1) is 0 Å². The van der Waals surface area contributed by atoms with Gasteiger partial charge in [0.25, 0.3) is 0 Å². The molecule has 116 valence electrons. The van der Waals surface area contributed by atoms with Crippen molar-refractivity contribution in [3.8, 4) is 6.07 Å². The highest BCUT2D eigenvalue weighted by atomic mass is 16.5. The molecule has 0 amide bonds. The van der Waals surface area contributed by atoms with E-state index in [2.05, 4.69) is 30.1 Å². The van der Waals surface area contributed by atoms with Crippen LogP contribution in [0.15, 0.2) is 0 Å². The van der Waals surface area contributed by atoms with Gasteiger partial charge in [0.2, 0.25) is 0 Å². The zero-order valence-electron chi connectivity index (χ0n) is 13.5. The number of nitriles is 1. The quantitative estimate of drug-likeness (QED) is 0.668. The van der Waals surface area contributed by atoms with Crippen LogP contribution in [0, 0.1) is 17.2 Å². The first kappa shape index (κ1) is 17.4. The van der Waals surface area contributed by atoms with Gasteiger partial charge in [0.15, 0.2) is 0 Å². The second kappa shape index (κ2) is 9.33. The van der Waals surface area contributed by atoms with E-state index in [0.29, 0.717) is 5.92 Å². The summed E-state index contributed by atoms with van der Waals surface area (Å²) in [7, 11) is 1.75. The summed E-state index contributed by atoms with van der Waals surface area (Å²) in [6.45, 7) is 9.20. The lowest BCUT2D eigenvalue weighted by Gasteiger charge is -2.31. The van der Waals surface area contributed by atoms with Crippen molar-refractivity contribution >= 4 is 0 Å². The van der Waals surface area contributed by atoms with Gasteiger partial charge in [-0.25, -0.2) is 0 Å². The molecular weight excluding hydrogens is 250 g/mol. The fourth-order valence-electron chi connectivity index (χ4n) is 3.22. The summed E-state index contributed by atoms with van der Waals surface area (Å²) in [6.07, 6.45) is 5.58. The standard InChI is InChI=1S/C16H31N3O/c1-4-10-18-16(14-17)9-6-7-15(16)8-11-19(5-2)12-13-20-3/h15,18H,4-13H2,1-3H3. The van der Waals surface area contributed by atoms with E-state index in [-0.39, 0.29) is 5.54 Å². The first-order valence-electron chi connectivity index (χ1n) is 8.10. The molecule has 0 aromatic carbocycles. The molecule has 0 aromatic heterocycles. The fraction of sp³-hybridized carbons (Fsp3) is 0.938. The van der Waals surface area contributed by atoms with Gasteiger partial charge in [0.1, 0.15) is 5.54 Å². The molecular formula is C16H31N3O. The molecule has 1 rings (SSSR count). The summed E-state index contributed by atoms with van der Waals surface area (Å²) in [4.78, 5) is 2.42. The van der Waals surface area contributed by atoms with E-state index in [1.807, 2.05) is 0 Å². The van der Waals surface area contributed by atoms with E-state index in [9.17, 15) is 5.26 Å². The lowest BCUT2D eigenvalue weighted by Crippen LogP contribution is -2.48. The number of likely N-dealkylation sites (N-methyl/N-ethyl adjacent to an activating group) is 1. The number of nitrogens with one attached hydrogen (secondary N) is 1. The van der Waals surface area contributed by atoms with E-state index in [1.54, 1.807) is 7.11 Å². The van der Waals surface area contributed by atoms with E-state index >= 15 is 0 Å². The SMILES string of the molecule is CCCNC1(C#N)CCCC1CCN(CC)CCOC. The predicted molar refractivity (Wildman–Crippen MR) is 82.6 cm³/mol. The summed E-state index contributed by atoms with van der Waals surface area (Å²) in [5.41, 5.74) is -0.267. The van der Waals surface area contributed by atoms with Gasteiger partial charge in [-0.3, -0.25) is 5.32 Å². The van der Waals surface area contributed by atoms with Gasteiger partial charge in [-0.1, -0.05) is 20.3 Å². The van der Waals surface area contributed by atoms with Crippen molar-refractivity contribution in [1.82, 2.24) is 10.2 Å². The van der Waals surface area contributed by atoms with E-state index in [0.717, 1.165) is 52.0 Å². The van der Waals surface area contributed by atoms with E-state index in [4.69, 9.17) is 4.74 Å². The van der Waals surface area contributed by atoms with Crippen LogP contribution in [-0.2, 0) is 4.74 Å². The molecule has 0 bridgehead atoms. The minimum absolute atomic E-state index is 0.267. The Morgan fingerprint density at radius 2 is 2.20 bits per heavy atom. The maximum atomic E-state index is 9.63. The average Bonchev–Trinajstić information content (AvgIpc) is 2.89. The zero-order chi connectivity index (χ0) is 14.8. The smallest absolute Gasteiger partial charge is 0.109 e. The molecule has 0 radical (unpaired) electrons. The summed E-state index contributed by atoms with van der Waals surface area (Å²) >= 11 is 0. The number of hydrogen-bond acceptors (Lipinski definition) is 4. The first-order chi connectivity index (χ1) is 9.72. The fourth-order valence-corrected chi connectivity index (χ4v) is 3.22. The second-order valence-corrected chi connectivity index (χ2v) is 5.81. The van der Waals surface area contributed by atoms with Crippen molar-refractivity contribution < 1.29 is 4.74 Å². The lowest BCUT2D eigenvalue weighted by molar-refractivity contribution is 0.143. The maximum absolute atomic E-state index is 9.63. The molecule has 1 fully saturated rings. The third-order valence-electron chi connectivity index (χ3n) is 4.56. The molecule has 1 N–H and O–H groups in total. The van der Waals surface area contributed by atoms with Gasteiger partial charge in [0, 0.05) is 13.7 Å². The van der Waals surface area contributed by atoms with Crippen LogP contribution in [0.5, 0.6) is 0 Å². The van der Waals surface area contributed by atoms with Crippen molar-refractivity contribution in [2.45, 2.75) is 51.5 Å². The highest BCUT2D eigenvalue weighted by molar-refractivity contribution is 5.14. The number of rotatable bonds is 10. The number of ether oxygens (including phenoxy) is 1. The second-order valence-electron chi connectivity index (χ2n) is 5.81. The van der Waals surface area contributed by atoms with Gasteiger partial charge in [0.05, 0.1) is 12.7 Å². The van der Waals surface area contributed by atoms with Crippen LogP contribution in [0.3, 0.4) is 0 Å². The minimum atomic E-state index is -0.267. The molecule has 4 nitrogen and oxygen atoms in total. The molecule has 0 spiro atoms. The van der Waals surface area contributed by atoms with Crippen molar-refractivity contribution in [1.29, 1.82) is 5.26 Å². The lowest BCUT2D eigenvalue weighted by atomic mass is 9.85. The number of hydrogen-bond donors (Lipinski definition) is 1. The van der Waals surface area contributed by atoms with Crippen LogP contribution in [0.1, 0.15) is 46.0 Å². The van der Waals surface area contributed by atoms with Crippen molar-refractivity contribution in [3.05, 3.63) is 0 Å². The predicted octanol–water partition coefficient (Wildman–Crippen LogP) is 2.41. The van der Waals surface area contributed by atoms with Crippen LogP contribution < -0.4 is 5.32 Å². The highest BCUT2D eigenvalue weighted by Gasteiger charge is 2.42. The van der Waals surface area contributed by atoms with Gasteiger partial charge < -0.3 is 9.64 Å². The van der Waals surface area contributed by atoms with Crippen LogP contribution >= 0.6 is 0 Å². The Morgan fingerprint density at radius 3 is 2.80 bits per heavy atom. The van der Waals surface area contributed by atoms with Crippen LogP contribution in [-0.4, -0.2) is 50.3 Å². The third-order valence-corrected chi connectivity index (χ3v) is 4.56. The first-order valence-corrected chi connectivity index (χ1v) is 8.10. The third kappa shape index (κ3) is 4.73. The molecule has 2 atom stereocenters. The Kier molecular flexibility index (Phi) is 8.13. The summed E-state index contributed by atoms with van der Waals surface area (Å²) < 4.78 is 5.15. The van der Waals surface area contributed by atoms with E-state index in [1.165, 1.54) is 12.8 Å². The highest BCUT2D eigenvalue weighted by Crippen LogP contribution is 2.37. The molecule has 1 aliphatic carbocycles. The van der Waals surface area contributed by atoms with Gasteiger partial charge in [-0.05, 0) is 51.2 Å². The normalized spacial score (nSPS) is 26.1. The summed E-state index contributed by atoms with van der Waals surface area (Å²) in [5.74, 6) is 0.496. The number of methoxy groups -OCH3 is 1. The van der Waals surface area contributed by atoms with Crippen LogP contribution in [0.25, 0.3) is 0 Å². The Bertz CT molecular complexity index is 303. The molecule has 1 aliphatic rings. The van der Waals surface area contributed by atoms with Crippen LogP contribution in [0.4, 0.5) is 0 Å². The Labute approximate surface area is 124 Å². The Balaban J connectivity index is 2.49. The van der Waals surface area contributed by atoms with Gasteiger partial charge >= 0.3 is 0 Å². The van der Waals surface area contributed by atoms with Crippen molar-refractivity contribution in [3.63, 3.8) is 0 Å². The van der Waals surface area contributed by atoms with Crippen molar-refractivity contribution in [2.75, 3.05) is 39.9 Å². The molecule has 1 saturated carbocycles. The topological polar surface area (TPSA) is 48.3 Å². The largest absolute Gasteiger partial charge is 0.383 e. The monoisotopic (exact) mass is 281 g/mol. The summed E-state index contributed by atoms with van der Waals surface area (Å²) in [6, 6.07) is 2.59.